The van der Waals surface area contributed by atoms with Crippen molar-refractivity contribution >= 4 is 23.4 Å². The number of carbonyl (C=O) groups is 1. The summed E-state index contributed by atoms with van der Waals surface area (Å²) in [6.45, 7) is 1.23. The van der Waals surface area contributed by atoms with E-state index in [0.717, 1.165) is 35.9 Å². The molecule has 1 aromatic carbocycles. The number of alkyl halides is 3. The number of aromatic nitrogens is 2. The fourth-order valence-corrected chi connectivity index (χ4v) is 5.45. The number of rotatable bonds is 5. The van der Waals surface area contributed by atoms with E-state index >= 15 is 0 Å². The Morgan fingerprint density at radius 1 is 1.12 bits per heavy atom. The topological polar surface area (TPSA) is 73.4 Å². The van der Waals surface area contributed by atoms with Crippen LogP contribution < -0.4 is 10.6 Å². The molecule has 2 N–H and O–H groups in total. The monoisotopic (exact) mass is 478 g/mol. The standard InChI is InChI=1S/C23H26F4N6O/c1-13(34)33-19-4-5-20(33)17-10-15(2-3-16(17)19)30-22-28-11-18(24)21(31-22)29-14-6-8-32(9-7-14)12-23(25,26)27/h2-3,10-11,14,19-20H,4-9,12H2,1H3,(H2,28,29,30,31). The number of amides is 1. The summed E-state index contributed by atoms with van der Waals surface area (Å²) in [5.41, 5.74) is 3.02. The van der Waals surface area contributed by atoms with Gasteiger partial charge in [0.15, 0.2) is 11.6 Å². The number of carbonyl (C=O) groups excluding carboxylic acids is 1. The van der Waals surface area contributed by atoms with E-state index in [2.05, 4.69) is 20.6 Å². The normalized spacial score (nSPS) is 22.7. The average Bonchev–Trinajstić information content (AvgIpc) is 3.34. The van der Waals surface area contributed by atoms with Gasteiger partial charge < -0.3 is 15.5 Å². The van der Waals surface area contributed by atoms with E-state index in [1.165, 1.54) is 4.90 Å². The zero-order valence-corrected chi connectivity index (χ0v) is 18.7. The Bertz CT molecular complexity index is 1090. The second-order valence-electron chi connectivity index (χ2n) is 9.20. The molecule has 34 heavy (non-hydrogen) atoms. The molecule has 1 amide bonds. The first-order valence-corrected chi connectivity index (χ1v) is 11.5. The third kappa shape index (κ3) is 4.53. The van der Waals surface area contributed by atoms with Crippen LogP contribution in [0.5, 0.6) is 0 Å². The van der Waals surface area contributed by atoms with Gasteiger partial charge in [-0.25, -0.2) is 9.37 Å². The number of hydrogen-bond acceptors (Lipinski definition) is 6. The molecule has 2 saturated heterocycles. The van der Waals surface area contributed by atoms with Crippen LogP contribution in [0.4, 0.5) is 35.0 Å². The van der Waals surface area contributed by atoms with Gasteiger partial charge in [-0.1, -0.05) is 6.07 Å². The Kier molecular flexibility index (Phi) is 5.83. The summed E-state index contributed by atoms with van der Waals surface area (Å²) < 4.78 is 52.1. The Hall–Kier alpha value is -2.95. The first-order chi connectivity index (χ1) is 16.2. The number of halogens is 4. The number of likely N-dealkylation sites (tertiary alicyclic amines) is 1. The number of benzene rings is 1. The van der Waals surface area contributed by atoms with Crippen LogP contribution in [-0.2, 0) is 4.79 Å². The minimum Gasteiger partial charge on any atom is -0.365 e. The molecule has 11 heteroatoms. The number of piperidine rings is 1. The van der Waals surface area contributed by atoms with E-state index in [-0.39, 0.29) is 48.9 Å². The summed E-state index contributed by atoms with van der Waals surface area (Å²) in [6, 6.07) is 5.93. The highest BCUT2D eigenvalue weighted by Crippen LogP contribution is 2.53. The maximum absolute atomic E-state index is 14.4. The van der Waals surface area contributed by atoms with Crippen molar-refractivity contribution < 1.29 is 22.4 Å². The molecule has 3 aliphatic heterocycles. The molecule has 182 valence electrons. The number of anilines is 3. The maximum atomic E-state index is 14.4. The van der Waals surface area contributed by atoms with Crippen molar-refractivity contribution in [1.29, 1.82) is 0 Å². The van der Waals surface area contributed by atoms with Gasteiger partial charge in [0.25, 0.3) is 0 Å². The minimum atomic E-state index is -4.22. The molecule has 7 nitrogen and oxygen atoms in total. The molecule has 1 aromatic heterocycles. The summed E-state index contributed by atoms with van der Waals surface area (Å²) in [7, 11) is 0. The highest BCUT2D eigenvalue weighted by molar-refractivity contribution is 5.77. The van der Waals surface area contributed by atoms with E-state index in [0.29, 0.717) is 12.8 Å². The second kappa shape index (κ2) is 8.68. The van der Waals surface area contributed by atoms with Crippen LogP contribution in [0, 0.1) is 5.82 Å². The van der Waals surface area contributed by atoms with Gasteiger partial charge in [-0.15, -0.1) is 0 Å². The van der Waals surface area contributed by atoms with Crippen molar-refractivity contribution in [3.63, 3.8) is 0 Å². The summed E-state index contributed by atoms with van der Waals surface area (Å²) in [5.74, 6) is -0.314. The number of fused-ring (bicyclic) bond motifs is 5. The van der Waals surface area contributed by atoms with Gasteiger partial charge in [-0.2, -0.15) is 18.2 Å². The molecule has 4 heterocycles. The first-order valence-electron chi connectivity index (χ1n) is 11.5. The Morgan fingerprint density at radius 3 is 2.50 bits per heavy atom. The number of nitrogens with zero attached hydrogens (tertiary/aromatic N) is 4. The van der Waals surface area contributed by atoms with Crippen molar-refractivity contribution in [1.82, 2.24) is 19.8 Å². The summed E-state index contributed by atoms with van der Waals surface area (Å²) >= 11 is 0. The predicted molar refractivity (Wildman–Crippen MR) is 118 cm³/mol. The van der Waals surface area contributed by atoms with Crippen LogP contribution in [0.15, 0.2) is 24.4 Å². The van der Waals surface area contributed by atoms with Crippen molar-refractivity contribution in [2.75, 3.05) is 30.3 Å². The lowest BCUT2D eigenvalue weighted by atomic mass is 9.91. The van der Waals surface area contributed by atoms with E-state index in [4.69, 9.17) is 0 Å². The van der Waals surface area contributed by atoms with E-state index < -0.39 is 18.5 Å². The van der Waals surface area contributed by atoms with Gasteiger partial charge in [0.1, 0.15) is 0 Å². The molecular formula is C23H26F4N6O. The van der Waals surface area contributed by atoms with Crippen LogP contribution in [0.3, 0.4) is 0 Å². The smallest absolute Gasteiger partial charge is 0.365 e. The molecular weight excluding hydrogens is 452 g/mol. The lowest BCUT2D eigenvalue weighted by Crippen LogP contribution is -2.43. The maximum Gasteiger partial charge on any atom is 0.401 e. The Balaban J connectivity index is 1.25. The van der Waals surface area contributed by atoms with Gasteiger partial charge in [-0.05, 0) is 48.9 Å². The van der Waals surface area contributed by atoms with Crippen molar-refractivity contribution in [2.45, 2.75) is 56.9 Å². The van der Waals surface area contributed by atoms with Gasteiger partial charge in [-0.3, -0.25) is 9.69 Å². The highest BCUT2D eigenvalue weighted by atomic mass is 19.4. The lowest BCUT2D eigenvalue weighted by molar-refractivity contribution is -0.147. The third-order valence-electron chi connectivity index (χ3n) is 6.89. The fraction of sp³-hybridized carbons (Fsp3) is 0.522. The Morgan fingerprint density at radius 2 is 1.82 bits per heavy atom. The van der Waals surface area contributed by atoms with Crippen LogP contribution in [0.1, 0.15) is 55.8 Å². The van der Waals surface area contributed by atoms with E-state index in [9.17, 15) is 22.4 Å². The van der Waals surface area contributed by atoms with Crippen LogP contribution in [-0.4, -0.2) is 57.5 Å². The zero-order valence-electron chi connectivity index (χ0n) is 18.7. The molecule has 2 fully saturated rings. The quantitative estimate of drug-likeness (QED) is 0.615. The molecule has 0 saturated carbocycles. The van der Waals surface area contributed by atoms with Gasteiger partial charge >= 0.3 is 6.18 Å². The molecule has 3 aliphatic rings. The average molecular weight is 478 g/mol. The summed E-state index contributed by atoms with van der Waals surface area (Å²) in [5, 5.41) is 6.13. The molecule has 0 aliphatic carbocycles. The largest absolute Gasteiger partial charge is 0.401 e. The van der Waals surface area contributed by atoms with Crippen LogP contribution in [0.25, 0.3) is 0 Å². The zero-order chi connectivity index (χ0) is 24.0. The van der Waals surface area contributed by atoms with E-state index in [1.807, 2.05) is 23.1 Å². The Labute approximate surface area is 194 Å². The molecule has 2 atom stereocenters. The van der Waals surface area contributed by atoms with Crippen LogP contribution >= 0.6 is 0 Å². The highest BCUT2D eigenvalue weighted by Gasteiger charge is 2.45. The molecule has 0 spiro atoms. The van der Waals surface area contributed by atoms with Gasteiger partial charge in [0.2, 0.25) is 11.9 Å². The van der Waals surface area contributed by atoms with Crippen LogP contribution in [0.2, 0.25) is 0 Å². The molecule has 2 aromatic rings. The van der Waals surface area contributed by atoms with E-state index in [1.54, 1.807) is 6.92 Å². The SMILES string of the molecule is CC(=O)N1C2CCC1c1cc(Nc3ncc(F)c(NC4CCN(CC(F)(F)F)CC4)n3)ccc12. The van der Waals surface area contributed by atoms with Gasteiger partial charge in [0.05, 0.1) is 24.8 Å². The minimum absolute atomic E-state index is 0.0229. The van der Waals surface area contributed by atoms with Gasteiger partial charge in [0, 0.05) is 31.7 Å². The third-order valence-corrected chi connectivity index (χ3v) is 6.89. The number of nitrogens with one attached hydrogen (secondary N) is 2. The lowest BCUT2D eigenvalue weighted by Gasteiger charge is -2.32. The first kappa shape index (κ1) is 22.8. The number of hydrogen-bond donors (Lipinski definition) is 2. The molecule has 5 rings (SSSR count). The molecule has 2 unspecified atom stereocenters. The fourth-order valence-electron chi connectivity index (χ4n) is 5.45. The second-order valence-corrected chi connectivity index (χ2v) is 9.20. The van der Waals surface area contributed by atoms with Crippen molar-refractivity contribution in [3.05, 3.63) is 41.3 Å². The van der Waals surface area contributed by atoms with Crippen molar-refractivity contribution in [3.8, 4) is 0 Å². The summed E-state index contributed by atoms with van der Waals surface area (Å²) in [4.78, 5) is 23.6. The molecule has 0 radical (unpaired) electrons. The summed E-state index contributed by atoms with van der Waals surface area (Å²) in [6.07, 6.45) is -0.326. The van der Waals surface area contributed by atoms with Crippen molar-refractivity contribution in [2.24, 2.45) is 0 Å². The molecule has 2 bridgehead atoms. The predicted octanol–water partition coefficient (Wildman–Crippen LogP) is 4.54.